The maximum Gasteiger partial charge on any atom is 0.162 e. The Morgan fingerprint density at radius 1 is 1.29 bits per heavy atom. The maximum absolute atomic E-state index is 13.6. The quantitative estimate of drug-likeness (QED) is 0.528. The van der Waals surface area contributed by atoms with E-state index in [1.807, 2.05) is 23.3 Å². The van der Waals surface area contributed by atoms with Crippen molar-refractivity contribution in [1.29, 1.82) is 5.26 Å². The Morgan fingerprint density at radius 3 is 2.58 bits per heavy atom. The summed E-state index contributed by atoms with van der Waals surface area (Å²) < 4.78 is 1.12. The molecule has 2 heterocycles. The molecule has 1 aliphatic carbocycles. The van der Waals surface area contributed by atoms with Gasteiger partial charge >= 0.3 is 0 Å². The fraction of sp³-hybridized carbons (Fsp3) is 0.333. The molecule has 1 unspecified atom stereocenters. The molecule has 0 amide bonds. The highest BCUT2D eigenvalue weighted by atomic mass is 35.5. The van der Waals surface area contributed by atoms with Crippen LogP contribution in [0.1, 0.15) is 43.0 Å². The van der Waals surface area contributed by atoms with Crippen LogP contribution in [0.15, 0.2) is 57.2 Å². The molecular formula is C24H24ClN3OS2. The first-order valence-corrected chi connectivity index (χ1v) is 12.4. The van der Waals surface area contributed by atoms with Crippen molar-refractivity contribution >= 4 is 46.2 Å². The summed E-state index contributed by atoms with van der Waals surface area (Å²) in [5.41, 5.74) is 10.3. The van der Waals surface area contributed by atoms with Gasteiger partial charge in [0.25, 0.3) is 0 Å². The predicted molar refractivity (Wildman–Crippen MR) is 129 cm³/mol. The molecular weight excluding hydrogens is 446 g/mol. The fourth-order valence-corrected chi connectivity index (χ4v) is 6.62. The number of thioether (sulfide) groups is 1. The summed E-state index contributed by atoms with van der Waals surface area (Å²) in [5, 5.41) is 10.8. The molecule has 0 saturated heterocycles. The first kappa shape index (κ1) is 22.0. The Bertz CT molecular complexity index is 1170. The standard InChI is InChI=1S/C24H24ClN3OS2/c1-13-9-16(23(30-4)31-13)20-17(12-26)22(27)28(15-7-5-14(25)6-8-15)18-10-24(2,3)11-19(29)21(18)20/h5-9,20H,10-11,27H2,1-4H3. The summed E-state index contributed by atoms with van der Waals surface area (Å²) in [6.45, 7) is 6.26. The van der Waals surface area contributed by atoms with Gasteiger partial charge in [-0.05, 0) is 60.9 Å². The summed E-state index contributed by atoms with van der Waals surface area (Å²) in [7, 11) is 0. The number of hydrogen-bond acceptors (Lipinski definition) is 6. The van der Waals surface area contributed by atoms with Crippen LogP contribution in [0.5, 0.6) is 0 Å². The molecule has 1 aliphatic heterocycles. The minimum absolute atomic E-state index is 0.0892. The Kier molecular flexibility index (Phi) is 5.72. The van der Waals surface area contributed by atoms with Gasteiger partial charge in [-0.1, -0.05) is 25.4 Å². The van der Waals surface area contributed by atoms with Crippen LogP contribution in [0.4, 0.5) is 5.69 Å². The summed E-state index contributed by atoms with van der Waals surface area (Å²) in [4.78, 5) is 16.6. The van der Waals surface area contributed by atoms with Crippen molar-refractivity contribution in [2.45, 2.75) is 43.7 Å². The number of hydrogen-bond donors (Lipinski definition) is 1. The Hall–Kier alpha value is -2.20. The lowest BCUT2D eigenvalue weighted by atomic mass is 9.69. The minimum Gasteiger partial charge on any atom is -0.384 e. The topological polar surface area (TPSA) is 70.1 Å². The van der Waals surface area contributed by atoms with E-state index in [-0.39, 0.29) is 11.2 Å². The van der Waals surface area contributed by atoms with E-state index in [1.165, 1.54) is 0 Å². The van der Waals surface area contributed by atoms with Gasteiger partial charge in [-0.25, -0.2) is 0 Å². The van der Waals surface area contributed by atoms with Gasteiger partial charge in [-0.3, -0.25) is 9.69 Å². The number of rotatable bonds is 3. The van der Waals surface area contributed by atoms with Crippen molar-refractivity contribution in [1.82, 2.24) is 0 Å². The number of thiophene rings is 1. The molecule has 0 bridgehead atoms. The molecule has 0 radical (unpaired) electrons. The minimum atomic E-state index is -0.431. The van der Waals surface area contributed by atoms with Gasteiger partial charge in [0.15, 0.2) is 5.78 Å². The lowest BCUT2D eigenvalue weighted by Gasteiger charge is -2.43. The molecule has 1 atom stereocenters. The zero-order chi connectivity index (χ0) is 22.5. The van der Waals surface area contributed by atoms with Crippen LogP contribution in [-0.4, -0.2) is 12.0 Å². The maximum atomic E-state index is 13.6. The zero-order valence-corrected chi connectivity index (χ0v) is 20.3. The van der Waals surface area contributed by atoms with Crippen molar-refractivity contribution in [3.63, 3.8) is 0 Å². The van der Waals surface area contributed by atoms with Crippen molar-refractivity contribution in [3.8, 4) is 6.07 Å². The van der Waals surface area contributed by atoms with Crippen LogP contribution in [-0.2, 0) is 4.79 Å². The highest BCUT2D eigenvalue weighted by Crippen LogP contribution is 2.52. The van der Waals surface area contributed by atoms with Crippen LogP contribution in [0.25, 0.3) is 0 Å². The monoisotopic (exact) mass is 469 g/mol. The van der Waals surface area contributed by atoms with Gasteiger partial charge < -0.3 is 5.73 Å². The summed E-state index contributed by atoms with van der Waals surface area (Å²) in [6, 6.07) is 11.8. The van der Waals surface area contributed by atoms with Gasteiger partial charge in [0.1, 0.15) is 5.82 Å². The van der Waals surface area contributed by atoms with Crippen LogP contribution < -0.4 is 10.6 Å². The number of ketones is 1. The van der Waals surface area contributed by atoms with Gasteiger partial charge in [0, 0.05) is 33.3 Å². The number of carbonyl (C=O) groups is 1. The lowest BCUT2D eigenvalue weighted by molar-refractivity contribution is -0.118. The highest BCUT2D eigenvalue weighted by molar-refractivity contribution is 8.00. The SMILES string of the molecule is CSc1sc(C)cc1C1C(C#N)=C(N)N(c2ccc(Cl)cc2)C2=C1C(=O)CC(C)(C)C2. The number of halogens is 1. The van der Waals surface area contributed by atoms with Crippen molar-refractivity contribution in [3.05, 3.63) is 68.5 Å². The van der Waals surface area contributed by atoms with Crippen LogP contribution >= 0.6 is 34.7 Å². The molecule has 2 aromatic rings. The van der Waals surface area contributed by atoms with Crippen LogP contribution in [0.3, 0.4) is 0 Å². The fourth-order valence-electron chi connectivity index (χ4n) is 4.58. The third kappa shape index (κ3) is 3.80. The molecule has 31 heavy (non-hydrogen) atoms. The van der Waals surface area contributed by atoms with Gasteiger partial charge in [0.05, 0.1) is 21.8 Å². The molecule has 4 rings (SSSR count). The largest absolute Gasteiger partial charge is 0.384 e. The lowest BCUT2D eigenvalue weighted by Crippen LogP contribution is -2.42. The van der Waals surface area contributed by atoms with E-state index < -0.39 is 5.92 Å². The smallest absolute Gasteiger partial charge is 0.162 e. The summed E-state index contributed by atoms with van der Waals surface area (Å²) in [5.74, 6) is 0.0425. The number of nitriles is 1. The molecule has 160 valence electrons. The van der Waals surface area contributed by atoms with Crippen LogP contribution in [0, 0.1) is 23.7 Å². The van der Waals surface area contributed by atoms with Crippen molar-refractivity contribution in [2.75, 3.05) is 11.2 Å². The second-order valence-corrected chi connectivity index (χ2v) is 11.5. The number of nitrogens with zero attached hydrogens (tertiary/aromatic N) is 2. The van der Waals surface area contributed by atoms with E-state index in [0.29, 0.717) is 34.8 Å². The van der Waals surface area contributed by atoms with Crippen LogP contribution in [0.2, 0.25) is 5.02 Å². The van der Waals surface area contributed by atoms with Gasteiger partial charge in [-0.15, -0.1) is 23.1 Å². The molecule has 0 fully saturated rings. The zero-order valence-electron chi connectivity index (χ0n) is 18.0. The van der Waals surface area contributed by atoms with E-state index in [0.717, 1.165) is 26.0 Å². The Balaban J connectivity index is 2.01. The third-order valence-corrected chi connectivity index (χ3v) is 8.28. The van der Waals surface area contributed by atoms with Crippen molar-refractivity contribution in [2.24, 2.45) is 11.1 Å². The number of benzene rings is 1. The summed E-state index contributed by atoms with van der Waals surface area (Å²) in [6.07, 6.45) is 3.18. The predicted octanol–water partition coefficient (Wildman–Crippen LogP) is 6.37. The number of allylic oxidation sites excluding steroid dienone is 3. The average molecular weight is 470 g/mol. The number of nitrogens with two attached hydrogens (primary N) is 1. The third-order valence-electron chi connectivity index (χ3n) is 5.81. The second-order valence-electron chi connectivity index (χ2n) is 8.76. The Morgan fingerprint density at radius 2 is 1.97 bits per heavy atom. The first-order valence-electron chi connectivity index (χ1n) is 10.0. The molecule has 0 saturated carbocycles. The number of carbonyl (C=O) groups excluding carboxylic acids is 1. The molecule has 4 nitrogen and oxygen atoms in total. The van der Waals surface area contributed by atoms with Gasteiger partial charge in [-0.2, -0.15) is 5.26 Å². The molecule has 0 spiro atoms. The number of anilines is 1. The van der Waals surface area contributed by atoms with Gasteiger partial charge in [0.2, 0.25) is 0 Å². The molecule has 1 aromatic carbocycles. The van der Waals surface area contributed by atoms with E-state index in [9.17, 15) is 10.1 Å². The molecule has 1 aromatic heterocycles. The Labute approximate surface area is 196 Å². The highest BCUT2D eigenvalue weighted by Gasteiger charge is 2.45. The van der Waals surface area contributed by atoms with E-state index in [2.05, 4.69) is 32.9 Å². The normalized spacial score (nSPS) is 20.7. The molecule has 2 N–H and O–H groups in total. The van der Waals surface area contributed by atoms with Crippen molar-refractivity contribution < 1.29 is 4.79 Å². The average Bonchev–Trinajstić information content (AvgIpc) is 3.07. The van der Waals surface area contributed by atoms with E-state index in [1.54, 1.807) is 35.2 Å². The number of aryl methyl sites for hydroxylation is 1. The second kappa shape index (κ2) is 8.05. The number of Topliss-reactive ketones (excluding diaryl/α,β-unsaturated/α-hetero) is 1. The van der Waals surface area contributed by atoms with E-state index in [4.69, 9.17) is 17.3 Å². The molecule has 2 aliphatic rings. The summed E-state index contributed by atoms with van der Waals surface area (Å²) >= 11 is 9.44. The molecule has 7 heteroatoms. The first-order chi connectivity index (χ1) is 14.7. The van der Waals surface area contributed by atoms with E-state index >= 15 is 0 Å².